The van der Waals surface area contributed by atoms with Gasteiger partial charge in [0.2, 0.25) is 0 Å². The molecule has 6 nitrogen and oxygen atoms in total. The molecule has 0 aromatic heterocycles. The first kappa shape index (κ1) is 22.3. The third-order valence-corrected chi connectivity index (χ3v) is 6.69. The average Bonchev–Trinajstić information content (AvgIpc) is 3.30. The maximum absolute atomic E-state index is 13.1. The molecule has 5 rings (SSSR count). The van der Waals surface area contributed by atoms with Crippen LogP contribution < -0.4 is 14.8 Å². The Bertz CT molecular complexity index is 1220. The average molecular weight is 459 g/mol. The number of nitrogens with zero attached hydrogens (tertiary/aromatic N) is 1. The lowest BCUT2D eigenvalue weighted by molar-refractivity contribution is -0.134. The molecular formula is C28H30N2O4. The van der Waals surface area contributed by atoms with Crippen LogP contribution in [0.5, 0.6) is 11.5 Å². The summed E-state index contributed by atoms with van der Waals surface area (Å²) in [6.45, 7) is 3.85. The smallest absolute Gasteiger partial charge is 0.260 e. The highest BCUT2D eigenvalue weighted by atomic mass is 16.5. The van der Waals surface area contributed by atoms with Crippen molar-refractivity contribution in [3.63, 3.8) is 0 Å². The Kier molecular flexibility index (Phi) is 6.39. The zero-order valence-electron chi connectivity index (χ0n) is 19.6. The third kappa shape index (κ3) is 4.45. The lowest BCUT2D eigenvalue weighted by Crippen LogP contribution is -2.38. The van der Waals surface area contributed by atoms with Crippen molar-refractivity contribution < 1.29 is 19.1 Å². The summed E-state index contributed by atoms with van der Waals surface area (Å²) in [5, 5.41) is 5.40. The van der Waals surface area contributed by atoms with Crippen LogP contribution in [0.2, 0.25) is 0 Å². The summed E-state index contributed by atoms with van der Waals surface area (Å²) >= 11 is 0. The molecule has 2 amide bonds. The number of nitrogens with one attached hydrogen (secondary N) is 1. The number of carbonyl (C=O) groups is 2. The number of rotatable bonds is 7. The third-order valence-electron chi connectivity index (χ3n) is 6.69. The highest BCUT2D eigenvalue weighted by molar-refractivity contribution is 6.10. The number of benzene rings is 3. The fourth-order valence-electron chi connectivity index (χ4n) is 4.96. The molecule has 1 N–H and O–H groups in total. The van der Waals surface area contributed by atoms with Crippen molar-refractivity contribution in [2.75, 3.05) is 31.6 Å². The minimum atomic E-state index is -0.212. The second kappa shape index (κ2) is 9.75. The number of hydrogen-bond acceptors (Lipinski definition) is 4. The van der Waals surface area contributed by atoms with Gasteiger partial charge in [-0.05, 0) is 79.8 Å². The molecule has 6 heteroatoms. The van der Waals surface area contributed by atoms with Crippen molar-refractivity contribution in [2.45, 2.75) is 39.0 Å². The van der Waals surface area contributed by atoms with Crippen LogP contribution in [0.3, 0.4) is 0 Å². The van der Waals surface area contributed by atoms with E-state index in [0.29, 0.717) is 23.7 Å². The summed E-state index contributed by atoms with van der Waals surface area (Å²) in [5.74, 6) is 0.697. The van der Waals surface area contributed by atoms with Gasteiger partial charge >= 0.3 is 0 Å². The van der Waals surface area contributed by atoms with E-state index in [1.54, 1.807) is 18.2 Å². The van der Waals surface area contributed by atoms with Crippen molar-refractivity contribution in [3.05, 3.63) is 65.2 Å². The first-order chi connectivity index (χ1) is 16.6. The van der Waals surface area contributed by atoms with Gasteiger partial charge in [-0.2, -0.15) is 0 Å². The summed E-state index contributed by atoms with van der Waals surface area (Å²) in [7, 11) is 0. The number of piperidine rings is 1. The van der Waals surface area contributed by atoms with Gasteiger partial charge < -0.3 is 19.7 Å². The molecule has 176 valence electrons. The topological polar surface area (TPSA) is 67.9 Å². The second-order valence-electron chi connectivity index (χ2n) is 8.89. The summed E-state index contributed by atoms with van der Waals surface area (Å²) < 4.78 is 11.5. The Morgan fingerprint density at radius 3 is 2.50 bits per heavy atom. The minimum Gasteiger partial charge on any atom is -0.490 e. The number of likely N-dealkylation sites (tertiary alicyclic amines) is 1. The Morgan fingerprint density at radius 1 is 0.912 bits per heavy atom. The summed E-state index contributed by atoms with van der Waals surface area (Å²) in [5.41, 5.74) is 3.95. The first-order valence-electron chi connectivity index (χ1n) is 12.2. The van der Waals surface area contributed by atoms with E-state index in [2.05, 4.69) is 23.5 Å². The SMILES string of the molecule is CCOc1cc(C(=O)Nc2ccc3c4c(cccc24)CC3)ccc1OCC(=O)N1CCCCC1. The molecule has 0 unspecified atom stereocenters. The van der Waals surface area contributed by atoms with Crippen LogP contribution in [-0.4, -0.2) is 43.0 Å². The van der Waals surface area contributed by atoms with Gasteiger partial charge in [-0.15, -0.1) is 0 Å². The fourth-order valence-corrected chi connectivity index (χ4v) is 4.96. The van der Waals surface area contributed by atoms with Crippen LogP contribution in [0.4, 0.5) is 5.69 Å². The molecule has 0 bridgehead atoms. The molecule has 1 heterocycles. The van der Waals surface area contributed by atoms with Gasteiger partial charge in [-0.1, -0.05) is 24.3 Å². The van der Waals surface area contributed by atoms with E-state index in [-0.39, 0.29) is 18.4 Å². The summed E-state index contributed by atoms with van der Waals surface area (Å²) in [6.07, 6.45) is 5.34. The van der Waals surface area contributed by atoms with Gasteiger partial charge in [0.1, 0.15) is 0 Å². The standard InChI is InChI=1S/C28H30N2O4/c1-2-33-25-17-21(12-14-24(25)34-18-26(31)30-15-4-3-5-16-30)28(32)29-23-13-11-20-10-9-19-7-6-8-22(23)27(19)20/h6-8,11-14,17H,2-5,9-10,15-16,18H2,1H3,(H,29,32). The highest BCUT2D eigenvalue weighted by Gasteiger charge is 2.20. The van der Waals surface area contributed by atoms with E-state index >= 15 is 0 Å². The Labute approximate surface area is 199 Å². The van der Waals surface area contributed by atoms with Crippen molar-refractivity contribution in [1.82, 2.24) is 4.90 Å². The number of carbonyl (C=O) groups excluding carboxylic acids is 2. The maximum atomic E-state index is 13.1. The molecule has 3 aromatic carbocycles. The van der Waals surface area contributed by atoms with Gasteiger partial charge in [0.15, 0.2) is 18.1 Å². The molecule has 1 fully saturated rings. The Hall–Kier alpha value is -3.54. The monoisotopic (exact) mass is 458 g/mol. The van der Waals surface area contributed by atoms with Crippen LogP contribution in [0, 0.1) is 0 Å². The van der Waals surface area contributed by atoms with Crippen molar-refractivity contribution in [3.8, 4) is 11.5 Å². The molecule has 1 aliphatic heterocycles. The van der Waals surface area contributed by atoms with Gasteiger partial charge in [0.05, 0.1) is 6.61 Å². The van der Waals surface area contributed by atoms with Crippen LogP contribution >= 0.6 is 0 Å². The molecule has 2 aliphatic rings. The Morgan fingerprint density at radius 2 is 1.71 bits per heavy atom. The van der Waals surface area contributed by atoms with E-state index in [1.807, 2.05) is 24.0 Å². The highest BCUT2D eigenvalue weighted by Crippen LogP contribution is 2.35. The number of aryl methyl sites for hydroxylation is 2. The quantitative estimate of drug-likeness (QED) is 0.542. The summed E-state index contributed by atoms with van der Waals surface area (Å²) in [4.78, 5) is 27.4. The maximum Gasteiger partial charge on any atom is 0.260 e. The molecule has 1 aliphatic carbocycles. The van der Waals surface area contributed by atoms with Crippen molar-refractivity contribution in [1.29, 1.82) is 0 Å². The van der Waals surface area contributed by atoms with Crippen LogP contribution in [-0.2, 0) is 17.6 Å². The number of ether oxygens (including phenoxy) is 2. The van der Waals surface area contributed by atoms with Crippen molar-refractivity contribution >= 4 is 28.3 Å². The lowest BCUT2D eigenvalue weighted by atomic mass is 10.0. The summed E-state index contributed by atoms with van der Waals surface area (Å²) in [6, 6.07) is 15.5. The van der Waals surface area contributed by atoms with E-state index in [4.69, 9.17) is 9.47 Å². The predicted octanol–water partition coefficient (Wildman–Crippen LogP) is 4.98. The molecular weight excluding hydrogens is 428 g/mol. The molecule has 0 spiro atoms. The fraction of sp³-hybridized carbons (Fsp3) is 0.357. The predicted molar refractivity (Wildman–Crippen MR) is 133 cm³/mol. The Balaban J connectivity index is 1.32. The van der Waals surface area contributed by atoms with Crippen molar-refractivity contribution in [2.24, 2.45) is 0 Å². The zero-order chi connectivity index (χ0) is 23.5. The molecule has 3 aromatic rings. The number of hydrogen-bond donors (Lipinski definition) is 1. The molecule has 0 saturated carbocycles. The van der Waals surface area contributed by atoms with Gasteiger partial charge in [-0.25, -0.2) is 0 Å². The normalized spacial score (nSPS) is 14.8. The van der Waals surface area contributed by atoms with Gasteiger partial charge in [-0.3, -0.25) is 9.59 Å². The number of anilines is 1. The van der Waals surface area contributed by atoms with Gasteiger partial charge in [0.25, 0.3) is 11.8 Å². The van der Waals surface area contributed by atoms with E-state index in [0.717, 1.165) is 49.8 Å². The molecule has 1 saturated heterocycles. The largest absolute Gasteiger partial charge is 0.490 e. The van der Waals surface area contributed by atoms with Crippen LogP contribution in [0.15, 0.2) is 48.5 Å². The van der Waals surface area contributed by atoms with E-state index in [9.17, 15) is 9.59 Å². The van der Waals surface area contributed by atoms with Crippen LogP contribution in [0.25, 0.3) is 10.8 Å². The van der Waals surface area contributed by atoms with E-state index < -0.39 is 0 Å². The van der Waals surface area contributed by atoms with Gasteiger partial charge in [0, 0.05) is 29.7 Å². The second-order valence-corrected chi connectivity index (χ2v) is 8.89. The number of amides is 2. The van der Waals surface area contributed by atoms with E-state index in [1.165, 1.54) is 22.9 Å². The molecule has 34 heavy (non-hydrogen) atoms. The zero-order valence-corrected chi connectivity index (χ0v) is 19.6. The molecule has 0 radical (unpaired) electrons. The lowest BCUT2D eigenvalue weighted by Gasteiger charge is -2.26. The molecule has 0 atom stereocenters. The first-order valence-corrected chi connectivity index (χ1v) is 12.2. The van der Waals surface area contributed by atoms with Crippen LogP contribution in [0.1, 0.15) is 47.7 Å². The minimum absolute atomic E-state index is 0.0176.